The molecule has 0 bridgehead atoms. The molecule has 0 atom stereocenters. The number of urea groups is 1. The van der Waals surface area contributed by atoms with Crippen molar-refractivity contribution in [2.75, 3.05) is 4.90 Å². The number of aromatic nitrogens is 1. The normalized spacial score (nSPS) is 15.2. The summed E-state index contributed by atoms with van der Waals surface area (Å²) in [6.07, 6.45) is 3.41. The number of nitrogens with one attached hydrogen (secondary N) is 1. The van der Waals surface area contributed by atoms with E-state index in [-0.39, 0.29) is 16.3 Å². The van der Waals surface area contributed by atoms with Crippen molar-refractivity contribution >= 4 is 63.7 Å². The second kappa shape index (κ2) is 9.06. The molecule has 35 heavy (non-hydrogen) atoms. The van der Waals surface area contributed by atoms with Gasteiger partial charge in [-0.15, -0.1) is 0 Å². The van der Waals surface area contributed by atoms with Crippen LogP contribution in [0.4, 0.5) is 10.5 Å². The van der Waals surface area contributed by atoms with Gasteiger partial charge in [0.25, 0.3) is 11.8 Å². The predicted molar refractivity (Wildman–Crippen MR) is 138 cm³/mol. The van der Waals surface area contributed by atoms with Crippen molar-refractivity contribution in [2.45, 2.75) is 13.5 Å². The molecular weight excluding hydrogens is 485 g/mol. The minimum Gasteiger partial charge on any atom is -0.342 e. The Labute approximate surface area is 211 Å². The maximum Gasteiger partial charge on any atom is 0.335 e. The first kappa shape index (κ1) is 22.9. The van der Waals surface area contributed by atoms with Crippen molar-refractivity contribution in [3.05, 3.63) is 105 Å². The summed E-state index contributed by atoms with van der Waals surface area (Å²) in [5.41, 5.74) is 3.90. The second-order valence-corrected chi connectivity index (χ2v) is 9.12. The quantitative estimate of drug-likeness (QED) is 0.275. The molecule has 1 aliphatic heterocycles. The van der Waals surface area contributed by atoms with Crippen LogP contribution in [0.3, 0.4) is 0 Å². The number of hydrogen-bond donors (Lipinski definition) is 1. The molecule has 5 rings (SSSR count). The average molecular weight is 504 g/mol. The summed E-state index contributed by atoms with van der Waals surface area (Å²) in [4.78, 5) is 39.4. The zero-order valence-electron chi connectivity index (χ0n) is 18.6. The first-order valence-corrected chi connectivity index (χ1v) is 11.6. The fourth-order valence-corrected chi connectivity index (χ4v) is 4.72. The van der Waals surface area contributed by atoms with Crippen LogP contribution in [0.2, 0.25) is 10.0 Å². The summed E-state index contributed by atoms with van der Waals surface area (Å²) >= 11 is 12.2. The zero-order valence-corrected chi connectivity index (χ0v) is 20.1. The van der Waals surface area contributed by atoms with Gasteiger partial charge in [-0.1, -0.05) is 71.2 Å². The van der Waals surface area contributed by atoms with Crippen LogP contribution in [-0.2, 0) is 16.1 Å². The molecule has 0 saturated carbocycles. The molecular formula is C27H19Cl2N3O3. The van der Waals surface area contributed by atoms with E-state index in [0.717, 1.165) is 26.9 Å². The lowest BCUT2D eigenvalue weighted by molar-refractivity contribution is -0.122. The van der Waals surface area contributed by atoms with E-state index in [1.54, 1.807) is 0 Å². The number of amides is 4. The van der Waals surface area contributed by atoms with E-state index in [4.69, 9.17) is 23.2 Å². The maximum absolute atomic E-state index is 13.3. The molecule has 4 aromatic rings. The number of imide groups is 2. The predicted octanol–water partition coefficient (Wildman–Crippen LogP) is 5.97. The van der Waals surface area contributed by atoms with E-state index in [2.05, 4.69) is 22.0 Å². The Kier molecular flexibility index (Phi) is 5.93. The molecule has 1 saturated heterocycles. The Bertz CT molecular complexity index is 1550. The van der Waals surface area contributed by atoms with Gasteiger partial charge in [0.2, 0.25) is 0 Å². The summed E-state index contributed by atoms with van der Waals surface area (Å²) < 4.78 is 2.07. The molecule has 0 spiro atoms. The SMILES string of the molecule is Cc1cccc(Cn2cc(/C=C3\C(=O)NC(=O)N(c4ccc(Cl)cc4Cl)C3=O)c3ccccc32)c1. The van der Waals surface area contributed by atoms with Crippen LogP contribution in [0.15, 0.2) is 78.5 Å². The van der Waals surface area contributed by atoms with Gasteiger partial charge in [0.1, 0.15) is 5.57 Å². The highest BCUT2D eigenvalue weighted by Crippen LogP contribution is 2.32. The number of para-hydroxylation sites is 1. The molecule has 1 aromatic heterocycles. The Hall–Kier alpha value is -3.87. The van der Waals surface area contributed by atoms with Gasteiger partial charge in [0, 0.05) is 34.2 Å². The van der Waals surface area contributed by atoms with E-state index in [1.165, 1.54) is 24.3 Å². The number of hydrogen-bond acceptors (Lipinski definition) is 3. The van der Waals surface area contributed by atoms with Crippen molar-refractivity contribution in [3.8, 4) is 0 Å². The molecule has 4 amide bonds. The lowest BCUT2D eigenvalue weighted by atomic mass is 10.1. The van der Waals surface area contributed by atoms with Gasteiger partial charge in [-0.2, -0.15) is 0 Å². The number of carbonyl (C=O) groups excluding carboxylic acids is 3. The van der Waals surface area contributed by atoms with E-state index in [9.17, 15) is 14.4 Å². The Morgan fingerprint density at radius 3 is 2.51 bits per heavy atom. The zero-order chi connectivity index (χ0) is 24.7. The number of aryl methyl sites for hydroxylation is 1. The largest absolute Gasteiger partial charge is 0.342 e. The summed E-state index contributed by atoms with van der Waals surface area (Å²) in [6, 6.07) is 19.5. The van der Waals surface area contributed by atoms with Crippen LogP contribution in [0.1, 0.15) is 16.7 Å². The summed E-state index contributed by atoms with van der Waals surface area (Å²) in [5, 5.41) is 3.58. The molecule has 1 fully saturated rings. The third-order valence-corrected chi connectivity index (χ3v) is 6.34. The van der Waals surface area contributed by atoms with Crippen molar-refractivity contribution in [2.24, 2.45) is 0 Å². The Morgan fingerprint density at radius 2 is 1.74 bits per heavy atom. The number of rotatable bonds is 4. The van der Waals surface area contributed by atoms with Crippen LogP contribution < -0.4 is 10.2 Å². The Balaban J connectivity index is 1.58. The van der Waals surface area contributed by atoms with Crippen LogP contribution in [0, 0.1) is 6.92 Å². The third-order valence-electron chi connectivity index (χ3n) is 5.81. The summed E-state index contributed by atoms with van der Waals surface area (Å²) in [6.45, 7) is 2.66. The molecule has 174 valence electrons. The van der Waals surface area contributed by atoms with Crippen molar-refractivity contribution in [3.63, 3.8) is 0 Å². The summed E-state index contributed by atoms with van der Waals surface area (Å²) in [5.74, 6) is -1.53. The first-order chi connectivity index (χ1) is 16.8. The molecule has 2 heterocycles. The number of anilines is 1. The smallest absolute Gasteiger partial charge is 0.335 e. The monoisotopic (exact) mass is 503 g/mol. The average Bonchev–Trinajstić information content (AvgIpc) is 3.15. The number of benzene rings is 3. The molecule has 0 aliphatic carbocycles. The minimum atomic E-state index is -0.872. The van der Waals surface area contributed by atoms with Crippen molar-refractivity contribution in [1.82, 2.24) is 9.88 Å². The van der Waals surface area contributed by atoms with Gasteiger partial charge in [-0.3, -0.25) is 14.9 Å². The lowest BCUT2D eigenvalue weighted by Crippen LogP contribution is -2.54. The van der Waals surface area contributed by atoms with E-state index >= 15 is 0 Å². The fourth-order valence-electron chi connectivity index (χ4n) is 4.22. The Morgan fingerprint density at radius 1 is 0.943 bits per heavy atom. The molecule has 0 radical (unpaired) electrons. The number of fused-ring (bicyclic) bond motifs is 1. The minimum absolute atomic E-state index is 0.115. The molecule has 0 unspecified atom stereocenters. The highest BCUT2D eigenvalue weighted by molar-refractivity contribution is 6.42. The van der Waals surface area contributed by atoms with E-state index in [1.807, 2.05) is 49.5 Å². The van der Waals surface area contributed by atoms with E-state index in [0.29, 0.717) is 17.1 Å². The standard InChI is InChI=1S/C27H19Cl2N3O3/c1-16-5-4-6-17(11-16)14-31-15-18(20-7-2-3-8-23(20)31)12-21-25(33)30-27(35)32(26(21)34)24-10-9-19(28)13-22(24)29/h2-13,15H,14H2,1H3,(H,30,33,35)/b21-12+. The van der Waals surface area contributed by atoms with Gasteiger partial charge in [0.15, 0.2) is 0 Å². The molecule has 1 aliphatic rings. The number of barbiturate groups is 1. The molecule has 1 N–H and O–H groups in total. The number of nitrogens with zero attached hydrogens (tertiary/aromatic N) is 2. The number of carbonyl (C=O) groups is 3. The fraction of sp³-hybridized carbons (Fsp3) is 0.0741. The van der Waals surface area contributed by atoms with Gasteiger partial charge in [-0.05, 0) is 42.8 Å². The van der Waals surface area contributed by atoms with Crippen LogP contribution in [0.5, 0.6) is 0 Å². The van der Waals surface area contributed by atoms with Crippen LogP contribution in [-0.4, -0.2) is 22.4 Å². The molecule has 8 heteroatoms. The number of halogens is 2. The second-order valence-electron chi connectivity index (χ2n) is 8.27. The van der Waals surface area contributed by atoms with Gasteiger partial charge in [0.05, 0.1) is 10.7 Å². The highest BCUT2D eigenvalue weighted by atomic mass is 35.5. The summed E-state index contributed by atoms with van der Waals surface area (Å²) in [7, 11) is 0. The van der Waals surface area contributed by atoms with Gasteiger partial charge in [-0.25, -0.2) is 9.69 Å². The molecule has 3 aromatic carbocycles. The van der Waals surface area contributed by atoms with Crippen LogP contribution in [0.25, 0.3) is 17.0 Å². The van der Waals surface area contributed by atoms with Crippen LogP contribution >= 0.6 is 23.2 Å². The van der Waals surface area contributed by atoms with Gasteiger partial charge >= 0.3 is 6.03 Å². The van der Waals surface area contributed by atoms with Gasteiger partial charge < -0.3 is 4.57 Å². The maximum atomic E-state index is 13.3. The third kappa shape index (κ3) is 4.34. The topological polar surface area (TPSA) is 71.4 Å². The molecule has 6 nitrogen and oxygen atoms in total. The highest BCUT2D eigenvalue weighted by Gasteiger charge is 2.38. The van der Waals surface area contributed by atoms with E-state index < -0.39 is 17.8 Å². The first-order valence-electron chi connectivity index (χ1n) is 10.8. The lowest BCUT2D eigenvalue weighted by Gasteiger charge is -2.27. The van der Waals surface area contributed by atoms with Crippen molar-refractivity contribution < 1.29 is 14.4 Å². The van der Waals surface area contributed by atoms with Crippen molar-refractivity contribution in [1.29, 1.82) is 0 Å².